The van der Waals surface area contributed by atoms with Crippen LogP contribution in [0.2, 0.25) is 0 Å². The van der Waals surface area contributed by atoms with Gasteiger partial charge in [-0.15, -0.1) is 22.7 Å². The Morgan fingerprint density at radius 3 is 2.36 bits per heavy atom. The van der Waals surface area contributed by atoms with E-state index in [9.17, 15) is 0 Å². The average Bonchev–Trinajstić information content (AvgIpc) is 3.22. The standard InChI is InChI=1S/C18H29N5S2/c1-6-13-11-22-15(25-13)7-9-20-17(19-5)21-10-8-16-23-14(12-24-16)18(2,3)4/h11-12H,6-10H2,1-5H3,(H2,19,20,21). The summed E-state index contributed by atoms with van der Waals surface area (Å²) in [6.45, 7) is 10.4. The molecular formula is C18H29N5S2. The topological polar surface area (TPSA) is 62.2 Å². The van der Waals surface area contributed by atoms with Gasteiger partial charge >= 0.3 is 0 Å². The molecule has 0 saturated carbocycles. The Balaban J connectivity index is 1.70. The predicted octanol–water partition coefficient (Wildman–Crippen LogP) is 3.41. The second-order valence-electron chi connectivity index (χ2n) is 6.88. The van der Waals surface area contributed by atoms with Crippen molar-refractivity contribution in [2.75, 3.05) is 20.1 Å². The third-order valence-corrected chi connectivity index (χ3v) is 5.87. The van der Waals surface area contributed by atoms with Gasteiger partial charge in [-0.1, -0.05) is 27.7 Å². The number of aryl methyl sites for hydroxylation is 1. The zero-order chi connectivity index (χ0) is 18.3. The molecule has 0 spiro atoms. The number of nitrogens with one attached hydrogen (secondary N) is 2. The van der Waals surface area contributed by atoms with Crippen LogP contribution in [0.1, 0.15) is 48.3 Å². The molecule has 25 heavy (non-hydrogen) atoms. The van der Waals surface area contributed by atoms with Crippen molar-refractivity contribution >= 4 is 28.6 Å². The smallest absolute Gasteiger partial charge is 0.191 e. The van der Waals surface area contributed by atoms with Crippen LogP contribution in [0.3, 0.4) is 0 Å². The first-order valence-corrected chi connectivity index (χ1v) is 10.4. The largest absolute Gasteiger partial charge is 0.356 e. The van der Waals surface area contributed by atoms with Gasteiger partial charge in [0.25, 0.3) is 0 Å². The van der Waals surface area contributed by atoms with Gasteiger partial charge in [-0.05, 0) is 6.42 Å². The van der Waals surface area contributed by atoms with Crippen LogP contribution in [0.25, 0.3) is 0 Å². The summed E-state index contributed by atoms with van der Waals surface area (Å²) in [6, 6.07) is 0. The third kappa shape index (κ3) is 6.40. The van der Waals surface area contributed by atoms with Crippen LogP contribution in [0.5, 0.6) is 0 Å². The molecular weight excluding hydrogens is 350 g/mol. The molecule has 0 aliphatic rings. The number of hydrogen-bond donors (Lipinski definition) is 2. The van der Waals surface area contributed by atoms with Crippen molar-refractivity contribution in [1.29, 1.82) is 0 Å². The monoisotopic (exact) mass is 379 g/mol. The highest BCUT2D eigenvalue weighted by Gasteiger charge is 2.17. The second kappa shape index (κ2) is 9.29. The second-order valence-corrected chi connectivity index (χ2v) is 9.02. The van der Waals surface area contributed by atoms with Crippen LogP contribution in [0.15, 0.2) is 16.6 Å². The maximum Gasteiger partial charge on any atom is 0.191 e. The van der Waals surface area contributed by atoms with Crippen molar-refractivity contribution < 1.29 is 0 Å². The lowest BCUT2D eigenvalue weighted by atomic mass is 9.93. The number of guanidine groups is 1. The van der Waals surface area contributed by atoms with Crippen molar-refractivity contribution in [2.45, 2.75) is 52.4 Å². The van der Waals surface area contributed by atoms with Crippen LogP contribution < -0.4 is 10.6 Å². The Morgan fingerprint density at radius 2 is 1.84 bits per heavy atom. The molecule has 138 valence electrons. The average molecular weight is 380 g/mol. The fourth-order valence-corrected chi connectivity index (χ4v) is 4.08. The van der Waals surface area contributed by atoms with Gasteiger partial charge in [-0.2, -0.15) is 0 Å². The molecule has 2 rings (SSSR count). The molecule has 2 aromatic heterocycles. The maximum atomic E-state index is 4.73. The minimum atomic E-state index is 0.118. The lowest BCUT2D eigenvalue weighted by Gasteiger charge is -2.14. The fourth-order valence-electron chi connectivity index (χ4n) is 2.19. The number of aliphatic imine (C=N–C) groups is 1. The molecule has 7 heteroatoms. The van der Waals surface area contributed by atoms with Crippen LogP contribution in [0.4, 0.5) is 0 Å². The summed E-state index contributed by atoms with van der Waals surface area (Å²) in [5.74, 6) is 0.833. The first kappa shape index (κ1) is 19.8. The number of rotatable bonds is 7. The van der Waals surface area contributed by atoms with Crippen molar-refractivity contribution in [1.82, 2.24) is 20.6 Å². The Bertz CT molecular complexity index is 682. The molecule has 0 aliphatic heterocycles. The van der Waals surface area contributed by atoms with Gasteiger partial charge in [0.2, 0.25) is 0 Å². The Morgan fingerprint density at radius 1 is 1.16 bits per heavy atom. The summed E-state index contributed by atoms with van der Waals surface area (Å²) in [7, 11) is 1.80. The molecule has 5 nitrogen and oxygen atoms in total. The normalized spacial score (nSPS) is 12.4. The minimum absolute atomic E-state index is 0.118. The third-order valence-electron chi connectivity index (χ3n) is 3.76. The number of hydrogen-bond acceptors (Lipinski definition) is 5. The fraction of sp³-hybridized carbons (Fsp3) is 0.611. The van der Waals surface area contributed by atoms with Crippen molar-refractivity contribution in [2.24, 2.45) is 4.99 Å². The molecule has 0 atom stereocenters. The molecule has 0 bridgehead atoms. The summed E-state index contributed by atoms with van der Waals surface area (Å²) in [6.07, 6.45) is 4.87. The lowest BCUT2D eigenvalue weighted by Crippen LogP contribution is -2.39. The van der Waals surface area contributed by atoms with E-state index in [4.69, 9.17) is 4.98 Å². The number of thiazole rings is 2. The number of aromatic nitrogens is 2. The molecule has 2 N–H and O–H groups in total. The van der Waals surface area contributed by atoms with Crippen LogP contribution in [-0.4, -0.2) is 36.1 Å². The van der Waals surface area contributed by atoms with E-state index in [1.165, 1.54) is 20.6 Å². The lowest BCUT2D eigenvalue weighted by molar-refractivity contribution is 0.570. The summed E-state index contributed by atoms with van der Waals surface area (Å²) >= 11 is 3.53. The molecule has 0 aromatic carbocycles. The molecule has 0 amide bonds. The highest BCUT2D eigenvalue weighted by molar-refractivity contribution is 7.11. The molecule has 0 aliphatic carbocycles. The highest BCUT2D eigenvalue weighted by atomic mass is 32.1. The Kier molecular flexibility index (Phi) is 7.38. The SMILES string of the molecule is CCc1cnc(CCNC(=NC)NCCc2nc(C(C)(C)C)cs2)s1. The van der Waals surface area contributed by atoms with Crippen molar-refractivity contribution in [3.8, 4) is 0 Å². The number of nitrogens with zero attached hydrogens (tertiary/aromatic N) is 3. The summed E-state index contributed by atoms with van der Waals surface area (Å²) in [4.78, 5) is 14.8. The van der Waals surface area contributed by atoms with Gasteiger partial charge in [-0.3, -0.25) is 4.99 Å². The highest BCUT2D eigenvalue weighted by Crippen LogP contribution is 2.23. The summed E-state index contributed by atoms with van der Waals surface area (Å²) in [5, 5.41) is 11.2. The maximum absolute atomic E-state index is 4.73. The summed E-state index contributed by atoms with van der Waals surface area (Å²) in [5.41, 5.74) is 1.29. The molecule has 0 saturated heterocycles. The molecule has 0 fully saturated rings. The van der Waals surface area contributed by atoms with E-state index in [1.54, 1.807) is 29.7 Å². The van der Waals surface area contributed by atoms with Crippen LogP contribution in [0, 0.1) is 0 Å². The zero-order valence-corrected chi connectivity index (χ0v) is 17.5. The summed E-state index contributed by atoms with van der Waals surface area (Å²) < 4.78 is 0. The van der Waals surface area contributed by atoms with E-state index in [2.05, 4.69) is 53.7 Å². The Hall–Kier alpha value is -1.47. The molecule has 2 heterocycles. The van der Waals surface area contributed by atoms with Gasteiger partial charge in [0.1, 0.15) is 0 Å². The van der Waals surface area contributed by atoms with E-state index in [-0.39, 0.29) is 5.41 Å². The van der Waals surface area contributed by atoms with E-state index in [0.29, 0.717) is 0 Å². The van der Waals surface area contributed by atoms with Gasteiger partial charge in [0.05, 0.1) is 15.7 Å². The van der Waals surface area contributed by atoms with Gasteiger partial charge in [0, 0.05) is 54.8 Å². The van der Waals surface area contributed by atoms with Crippen LogP contribution >= 0.6 is 22.7 Å². The van der Waals surface area contributed by atoms with Gasteiger partial charge in [0.15, 0.2) is 5.96 Å². The van der Waals surface area contributed by atoms with E-state index in [1.807, 2.05) is 6.20 Å². The van der Waals surface area contributed by atoms with Crippen LogP contribution in [-0.2, 0) is 24.7 Å². The van der Waals surface area contributed by atoms with Crippen molar-refractivity contribution in [3.63, 3.8) is 0 Å². The van der Waals surface area contributed by atoms with Gasteiger partial charge < -0.3 is 10.6 Å². The molecule has 0 radical (unpaired) electrons. The van der Waals surface area contributed by atoms with Gasteiger partial charge in [-0.25, -0.2) is 9.97 Å². The van der Waals surface area contributed by atoms with Crippen molar-refractivity contribution in [3.05, 3.63) is 32.2 Å². The minimum Gasteiger partial charge on any atom is -0.356 e. The Labute approximate surface area is 159 Å². The van der Waals surface area contributed by atoms with E-state index < -0.39 is 0 Å². The first-order chi connectivity index (χ1) is 11.9. The predicted molar refractivity (Wildman–Crippen MR) is 109 cm³/mol. The van der Waals surface area contributed by atoms with E-state index >= 15 is 0 Å². The molecule has 0 unspecified atom stereocenters. The first-order valence-electron chi connectivity index (χ1n) is 8.75. The molecule has 2 aromatic rings. The van der Waals surface area contributed by atoms with E-state index in [0.717, 1.165) is 38.3 Å². The quantitative estimate of drug-likeness (QED) is 0.572. The zero-order valence-electron chi connectivity index (χ0n) is 15.8.